The van der Waals surface area contributed by atoms with Gasteiger partial charge >= 0.3 is 0 Å². The van der Waals surface area contributed by atoms with E-state index in [9.17, 15) is 0 Å². The number of rotatable bonds is 4. The molecule has 0 spiro atoms. The van der Waals surface area contributed by atoms with Gasteiger partial charge in [-0.3, -0.25) is 0 Å². The van der Waals surface area contributed by atoms with Gasteiger partial charge in [-0.25, -0.2) is 9.97 Å². The summed E-state index contributed by atoms with van der Waals surface area (Å²) in [6.45, 7) is 0. The third kappa shape index (κ3) is 4.74. The van der Waals surface area contributed by atoms with E-state index in [-0.39, 0.29) is 5.92 Å². The van der Waals surface area contributed by atoms with Gasteiger partial charge in [-0.15, -0.1) is 11.3 Å². The second-order valence-electron chi connectivity index (χ2n) is 15.6. The summed E-state index contributed by atoms with van der Waals surface area (Å²) in [6, 6.07) is 58.5. The molecular weight excluding hydrogens is 729 g/mol. The Labute approximate surface area is 336 Å². The Hall–Kier alpha value is -7.08. The predicted molar refractivity (Wildman–Crippen MR) is 240 cm³/mol. The van der Waals surface area contributed by atoms with E-state index in [4.69, 9.17) is 18.8 Å². The van der Waals surface area contributed by atoms with Crippen LogP contribution in [0.2, 0.25) is 0 Å². The van der Waals surface area contributed by atoms with E-state index in [1.54, 1.807) is 11.3 Å². The van der Waals surface area contributed by atoms with Gasteiger partial charge in [0.2, 0.25) is 0 Å². The Balaban J connectivity index is 0.953. The highest BCUT2D eigenvalue weighted by atomic mass is 32.1. The van der Waals surface area contributed by atoms with Crippen LogP contribution in [-0.2, 0) is 12.8 Å². The van der Waals surface area contributed by atoms with Gasteiger partial charge in [0.05, 0.1) is 15.9 Å². The van der Waals surface area contributed by atoms with Crippen molar-refractivity contribution in [1.29, 1.82) is 0 Å². The molecule has 0 bridgehead atoms. The van der Waals surface area contributed by atoms with Crippen molar-refractivity contribution < 1.29 is 8.83 Å². The monoisotopic (exact) mass is 760 g/mol. The molecule has 13 rings (SSSR count). The molecule has 4 heterocycles. The summed E-state index contributed by atoms with van der Waals surface area (Å²) in [5.41, 5.74) is 14.1. The summed E-state index contributed by atoms with van der Waals surface area (Å²) in [5.74, 6) is 1.11. The molecular formula is C53H32N2O2S. The molecule has 1 unspecified atom stereocenters. The molecule has 12 aromatic rings. The molecule has 5 heteroatoms. The fourth-order valence-corrected chi connectivity index (χ4v) is 10.8. The van der Waals surface area contributed by atoms with Crippen molar-refractivity contribution in [2.75, 3.05) is 0 Å². The first kappa shape index (κ1) is 32.1. The van der Waals surface area contributed by atoms with Crippen LogP contribution < -0.4 is 0 Å². The lowest BCUT2D eigenvalue weighted by molar-refractivity contribution is 0.650. The van der Waals surface area contributed by atoms with Crippen LogP contribution in [0.1, 0.15) is 22.9 Å². The van der Waals surface area contributed by atoms with Crippen LogP contribution in [-0.4, -0.2) is 9.97 Å². The largest absolute Gasteiger partial charge is 0.456 e. The molecule has 0 N–H and O–H groups in total. The molecule has 1 atom stereocenters. The number of furan rings is 2. The van der Waals surface area contributed by atoms with Gasteiger partial charge in [-0.05, 0) is 92.9 Å². The summed E-state index contributed by atoms with van der Waals surface area (Å²) >= 11 is 1.76. The molecule has 0 radical (unpaired) electrons. The summed E-state index contributed by atoms with van der Waals surface area (Å²) < 4.78 is 15.5. The second-order valence-corrected chi connectivity index (χ2v) is 16.6. The fourth-order valence-electron chi connectivity index (χ4n) is 9.69. The molecule has 4 aromatic heterocycles. The molecule has 1 aliphatic carbocycles. The zero-order valence-electron chi connectivity index (χ0n) is 31.2. The van der Waals surface area contributed by atoms with Gasteiger partial charge in [0.25, 0.3) is 0 Å². The number of hydrogen-bond acceptors (Lipinski definition) is 5. The molecule has 58 heavy (non-hydrogen) atoms. The van der Waals surface area contributed by atoms with Crippen molar-refractivity contribution in [2.24, 2.45) is 0 Å². The van der Waals surface area contributed by atoms with E-state index < -0.39 is 0 Å². The molecule has 8 aromatic carbocycles. The van der Waals surface area contributed by atoms with Crippen LogP contribution in [0.3, 0.4) is 0 Å². The summed E-state index contributed by atoms with van der Waals surface area (Å²) in [4.78, 5) is 10.8. The maximum Gasteiger partial charge on any atom is 0.136 e. The molecule has 4 nitrogen and oxygen atoms in total. The van der Waals surface area contributed by atoms with Gasteiger partial charge in [-0.1, -0.05) is 127 Å². The Morgan fingerprint density at radius 3 is 2.24 bits per heavy atom. The number of fused-ring (bicyclic) bond motifs is 14. The third-order valence-corrected chi connectivity index (χ3v) is 13.5. The minimum Gasteiger partial charge on any atom is -0.456 e. The number of hydrogen-bond donors (Lipinski definition) is 0. The normalized spacial score (nSPS) is 14.0. The Bertz CT molecular complexity index is 3650. The lowest BCUT2D eigenvalue weighted by atomic mass is 9.75. The molecule has 0 saturated heterocycles. The van der Waals surface area contributed by atoms with Gasteiger partial charge in [0.15, 0.2) is 0 Å². The van der Waals surface area contributed by atoms with Crippen LogP contribution in [0.25, 0.3) is 108 Å². The average Bonchev–Trinajstić information content (AvgIpc) is 3.96. The zero-order valence-corrected chi connectivity index (χ0v) is 32.0. The van der Waals surface area contributed by atoms with Gasteiger partial charge in [0, 0.05) is 43.6 Å². The maximum absolute atomic E-state index is 6.73. The van der Waals surface area contributed by atoms with Crippen molar-refractivity contribution in [2.45, 2.75) is 18.8 Å². The minimum atomic E-state index is 0.245. The topological polar surface area (TPSA) is 52.1 Å². The van der Waals surface area contributed by atoms with Crippen molar-refractivity contribution in [1.82, 2.24) is 9.97 Å². The van der Waals surface area contributed by atoms with Crippen molar-refractivity contribution in [3.05, 3.63) is 181 Å². The molecule has 1 aliphatic rings. The smallest absolute Gasteiger partial charge is 0.136 e. The highest BCUT2D eigenvalue weighted by molar-refractivity contribution is 7.26. The average molecular weight is 761 g/mol. The van der Waals surface area contributed by atoms with E-state index in [0.29, 0.717) is 0 Å². The highest BCUT2D eigenvalue weighted by Gasteiger charge is 2.28. The van der Waals surface area contributed by atoms with E-state index in [2.05, 4.69) is 152 Å². The number of benzene rings is 8. The van der Waals surface area contributed by atoms with Crippen LogP contribution in [0.5, 0.6) is 0 Å². The summed E-state index contributed by atoms with van der Waals surface area (Å²) in [6.07, 6.45) is 1.68. The first-order chi connectivity index (χ1) is 28.7. The zero-order chi connectivity index (χ0) is 37.9. The van der Waals surface area contributed by atoms with Gasteiger partial charge < -0.3 is 8.83 Å². The van der Waals surface area contributed by atoms with E-state index in [1.807, 2.05) is 12.1 Å². The molecule has 0 fully saturated rings. The van der Waals surface area contributed by atoms with E-state index in [1.165, 1.54) is 43.1 Å². The second kappa shape index (κ2) is 12.2. The Kier molecular flexibility index (Phi) is 6.75. The highest BCUT2D eigenvalue weighted by Crippen LogP contribution is 2.46. The van der Waals surface area contributed by atoms with Crippen LogP contribution in [0, 0.1) is 0 Å². The molecule has 0 saturated carbocycles. The van der Waals surface area contributed by atoms with Crippen LogP contribution in [0.15, 0.2) is 173 Å². The maximum atomic E-state index is 6.73. The first-order valence-corrected chi connectivity index (χ1v) is 20.7. The number of aromatic nitrogens is 2. The lowest BCUT2D eigenvalue weighted by Crippen LogP contribution is -2.15. The Morgan fingerprint density at radius 1 is 0.534 bits per heavy atom. The number of nitrogens with zero attached hydrogens (tertiary/aromatic N) is 2. The first-order valence-electron chi connectivity index (χ1n) is 19.9. The molecule has 0 aliphatic heterocycles. The quantitative estimate of drug-likeness (QED) is 0.179. The van der Waals surface area contributed by atoms with Crippen LogP contribution in [0.4, 0.5) is 0 Å². The van der Waals surface area contributed by atoms with Gasteiger partial charge in [0.1, 0.15) is 28.2 Å². The summed E-state index contributed by atoms with van der Waals surface area (Å²) in [7, 11) is 0. The van der Waals surface area contributed by atoms with Crippen LogP contribution >= 0.6 is 11.3 Å². The van der Waals surface area contributed by atoms with E-state index in [0.717, 1.165) is 95.1 Å². The predicted octanol–water partition coefficient (Wildman–Crippen LogP) is 14.7. The standard InChI is InChI=1S/C53H32N2O2S/c1-2-11-30(12-3-1)37-18-10-19-43-50(37)42-29-45-41(28-46(42)56-43)38-24-23-33(26-44(38)57-45)51-53-52(40-17-8-9-20-47(40)58-53)55-48(54-51)27-34-25-32-22-21-31-13-4-5-15-36(31)49(32)39-16-7-6-14-35(34)39/h1-24,26,28-29,34H,25,27H2. The Morgan fingerprint density at radius 2 is 1.29 bits per heavy atom. The minimum absolute atomic E-state index is 0.245. The van der Waals surface area contributed by atoms with Gasteiger partial charge in [-0.2, -0.15) is 0 Å². The van der Waals surface area contributed by atoms with Crippen molar-refractivity contribution >= 4 is 86.3 Å². The van der Waals surface area contributed by atoms with Crippen molar-refractivity contribution in [3.8, 4) is 33.5 Å². The molecule has 0 amide bonds. The molecule has 272 valence electrons. The SMILES string of the molecule is c1ccc(-c2cccc3oc4cc5c(cc4c23)oc2cc(-c3nc(CC4Cc6ccc7ccccc7c6-c6ccccc64)nc4c3sc3ccccc34)ccc25)cc1. The number of thiophene rings is 1. The third-order valence-electron chi connectivity index (χ3n) is 12.3. The summed E-state index contributed by atoms with van der Waals surface area (Å²) in [5, 5.41) is 8.00. The fraction of sp³-hybridized carbons (Fsp3) is 0.0566. The van der Waals surface area contributed by atoms with E-state index >= 15 is 0 Å². The lowest BCUT2D eigenvalue weighted by Gasteiger charge is -2.28. The van der Waals surface area contributed by atoms with Crippen molar-refractivity contribution in [3.63, 3.8) is 0 Å².